The SMILES string of the molecule is Cc1noc(C)c1COC(=O)c1c2c(nc3ccccc13)C(=Cc1ccc(Cl)c(Cl)c1)CCC2. The summed E-state index contributed by atoms with van der Waals surface area (Å²) >= 11 is 12.3. The molecule has 1 aliphatic carbocycles. The van der Waals surface area contributed by atoms with Crippen molar-refractivity contribution in [3.63, 3.8) is 0 Å². The Balaban J connectivity index is 1.59. The Labute approximate surface area is 207 Å². The van der Waals surface area contributed by atoms with Crippen LogP contribution in [0.15, 0.2) is 47.0 Å². The number of pyridine rings is 1. The van der Waals surface area contributed by atoms with E-state index in [2.05, 4.69) is 11.2 Å². The Morgan fingerprint density at radius 1 is 1.12 bits per heavy atom. The molecule has 0 spiro atoms. The van der Waals surface area contributed by atoms with Gasteiger partial charge in [-0.2, -0.15) is 0 Å². The number of hydrogen-bond donors (Lipinski definition) is 0. The molecule has 5 nitrogen and oxygen atoms in total. The van der Waals surface area contributed by atoms with Crippen molar-refractivity contribution < 1.29 is 14.1 Å². The van der Waals surface area contributed by atoms with Crippen molar-refractivity contribution in [2.45, 2.75) is 39.7 Å². The van der Waals surface area contributed by atoms with E-state index in [9.17, 15) is 4.79 Å². The number of halogens is 2. The molecule has 172 valence electrons. The number of ether oxygens (including phenoxy) is 1. The van der Waals surface area contributed by atoms with E-state index in [1.54, 1.807) is 6.07 Å². The first-order chi connectivity index (χ1) is 16.4. The number of carbonyl (C=O) groups is 1. The van der Waals surface area contributed by atoms with Gasteiger partial charge in [-0.3, -0.25) is 0 Å². The summed E-state index contributed by atoms with van der Waals surface area (Å²) in [5, 5.41) is 5.76. The summed E-state index contributed by atoms with van der Waals surface area (Å²) in [6.45, 7) is 3.76. The standard InChI is InChI=1S/C27H22Cl2N2O3/c1-15-21(16(2)34-31-15)14-33-27(32)25-19-7-3-4-9-24(19)30-26-18(6-5-8-20(25)26)12-17-10-11-22(28)23(29)13-17/h3-4,7,9-13H,5-6,8,14H2,1-2H3. The molecule has 0 atom stereocenters. The number of para-hydroxylation sites is 1. The molecule has 0 N–H and O–H groups in total. The largest absolute Gasteiger partial charge is 0.457 e. The third kappa shape index (κ3) is 4.22. The van der Waals surface area contributed by atoms with Crippen molar-refractivity contribution in [1.29, 1.82) is 0 Å². The molecule has 1 aliphatic rings. The van der Waals surface area contributed by atoms with E-state index in [0.717, 1.165) is 63.8 Å². The van der Waals surface area contributed by atoms with Crippen LogP contribution in [-0.4, -0.2) is 16.1 Å². The number of hydrogen-bond acceptors (Lipinski definition) is 5. The van der Waals surface area contributed by atoms with Gasteiger partial charge in [-0.25, -0.2) is 9.78 Å². The van der Waals surface area contributed by atoms with Gasteiger partial charge in [0.05, 0.1) is 38.1 Å². The van der Waals surface area contributed by atoms with Gasteiger partial charge < -0.3 is 9.26 Å². The fourth-order valence-electron chi connectivity index (χ4n) is 4.43. The molecule has 2 aromatic carbocycles. The van der Waals surface area contributed by atoms with Crippen LogP contribution in [0, 0.1) is 13.8 Å². The van der Waals surface area contributed by atoms with Crippen LogP contribution in [0.1, 0.15) is 57.0 Å². The van der Waals surface area contributed by atoms with Gasteiger partial charge in [-0.15, -0.1) is 0 Å². The van der Waals surface area contributed by atoms with Crippen molar-refractivity contribution in [2.75, 3.05) is 0 Å². The normalized spacial score (nSPS) is 14.4. The number of rotatable bonds is 4. The predicted octanol–water partition coefficient (Wildman–Crippen LogP) is 7.38. The van der Waals surface area contributed by atoms with Gasteiger partial charge in [0.1, 0.15) is 12.4 Å². The first kappa shape index (κ1) is 22.6. The van der Waals surface area contributed by atoms with Crippen LogP contribution in [-0.2, 0) is 17.8 Å². The molecular formula is C27H22Cl2N2O3. The first-order valence-corrected chi connectivity index (χ1v) is 11.8. The van der Waals surface area contributed by atoms with Crippen LogP contribution in [0.5, 0.6) is 0 Å². The van der Waals surface area contributed by atoms with Gasteiger partial charge in [-0.05, 0) is 74.1 Å². The number of carbonyl (C=O) groups excluding carboxylic acids is 1. The molecule has 5 rings (SSSR count). The highest BCUT2D eigenvalue weighted by atomic mass is 35.5. The van der Waals surface area contributed by atoms with Gasteiger partial charge >= 0.3 is 5.97 Å². The van der Waals surface area contributed by atoms with Crippen molar-refractivity contribution in [3.05, 3.63) is 91.9 Å². The van der Waals surface area contributed by atoms with Gasteiger partial charge in [0.25, 0.3) is 0 Å². The summed E-state index contributed by atoms with van der Waals surface area (Å²) in [6.07, 6.45) is 4.58. The highest BCUT2D eigenvalue weighted by molar-refractivity contribution is 6.42. The Hall–Kier alpha value is -3.15. The highest BCUT2D eigenvalue weighted by Gasteiger charge is 2.26. The van der Waals surface area contributed by atoms with Gasteiger partial charge in [0.15, 0.2) is 0 Å². The molecule has 7 heteroatoms. The molecule has 0 radical (unpaired) electrons. The minimum atomic E-state index is -0.370. The minimum absolute atomic E-state index is 0.109. The second kappa shape index (κ2) is 9.24. The van der Waals surface area contributed by atoms with Gasteiger partial charge in [0.2, 0.25) is 0 Å². The van der Waals surface area contributed by atoms with E-state index in [1.807, 2.05) is 50.2 Å². The van der Waals surface area contributed by atoms with Crippen LogP contribution >= 0.6 is 23.2 Å². The van der Waals surface area contributed by atoms with E-state index < -0.39 is 0 Å². The molecule has 0 unspecified atom stereocenters. The van der Waals surface area contributed by atoms with Crippen molar-refractivity contribution in [3.8, 4) is 0 Å². The summed E-state index contributed by atoms with van der Waals surface area (Å²) in [4.78, 5) is 18.4. The topological polar surface area (TPSA) is 65.2 Å². The Bertz CT molecular complexity index is 1440. The second-order valence-corrected chi connectivity index (χ2v) is 9.22. The second-order valence-electron chi connectivity index (χ2n) is 8.41. The van der Waals surface area contributed by atoms with Crippen molar-refractivity contribution >= 4 is 51.7 Å². The quantitative estimate of drug-likeness (QED) is 0.278. The maximum absolute atomic E-state index is 13.4. The third-order valence-electron chi connectivity index (χ3n) is 6.19. The van der Waals surface area contributed by atoms with Gasteiger partial charge in [-0.1, -0.05) is 52.6 Å². The first-order valence-electron chi connectivity index (χ1n) is 11.1. The molecule has 2 aromatic heterocycles. The summed E-state index contributed by atoms with van der Waals surface area (Å²) < 4.78 is 11.0. The number of allylic oxidation sites excluding steroid dienone is 1. The lowest BCUT2D eigenvalue weighted by Crippen LogP contribution is -2.15. The summed E-state index contributed by atoms with van der Waals surface area (Å²) in [5.41, 5.74) is 6.60. The maximum atomic E-state index is 13.4. The van der Waals surface area contributed by atoms with Gasteiger partial charge in [0, 0.05) is 5.39 Å². The molecule has 0 saturated heterocycles. The smallest absolute Gasteiger partial charge is 0.339 e. The van der Waals surface area contributed by atoms with Crippen molar-refractivity contribution in [2.24, 2.45) is 0 Å². The number of esters is 1. The average Bonchev–Trinajstić information content (AvgIpc) is 3.15. The summed E-state index contributed by atoms with van der Waals surface area (Å²) in [7, 11) is 0. The fourth-order valence-corrected chi connectivity index (χ4v) is 4.74. The number of nitrogens with zero attached hydrogens (tertiary/aromatic N) is 2. The molecule has 4 aromatic rings. The van der Waals surface area contributed by atoms with Crippen LogP contribution < -0.4 is 0 Å². The Morgan fingerprint density at radius 2 is 1.94 bits per heavy atom. The zero-order valence-corrected chi connectivity index (χ0v) is 20.3. The van der Waals surface area contributed by atoms with E-state index in [-0.39, 0.29) is 12.6 Å². The zero-order valence-electron chi connectivity index (χ0n) is 18.8. The van der Waals surface area contributed by atoms with E-state index in [1.165, 1.54) is 0 Å². The minimum Gasteiger partial charge on any atom is -0.457 e. The van der Waals surface area contributed by atoms with E-state index in [4.69, 9.17) is 37.4 Å². The van der Waals surface area contributed by atoms with Crippen LogP contribution in [0.4, 0.5) is 0 Å². The fraction of sp³-hybridized carbons (Fsp3) is 0.222. The van der Waals surface area contributed by atoms with Crippen molar-refractivity contribution in [1.82, 2.24) is 10.1 Å². The Kier molecular flexibility index (Phi) is 6.15. The van der Waals surface area contributed by atoms with E-state index >= 15 is 0 Å². The predicted molar refractivity (Wildman–Crippen MR) is 134 cm³/mol. The summed E-state index contributed by atoms with van der Waals surface area (Å²) in [6, 6.07) is 13.2. The third-order valence-corrected chi connectivity index (χ3v) is 6.93. The highest BCUT2D eigenvalue weighted by Crippen LogP contribution is 2.37. The van der Waals surface area contributed by atoms with E-state index in [0.29, 0.717) is 21.4 Å². The van der Waals surface area contributed by atoms with Crippen LogP contribution in [0.3, 0.4) is 0 Å². The zero-order chi connectivity index (χ0) is 23.8. The number of fused-ring (bicyclic) bond motifs is 2. The number of aromatic nitrogens is 2. The molecule has 0 bridgehead atoms. The Morgan fingerprint density at radius 3 is 2.71 bits per heavy atom. The molecule has 0 saturated carbocycles. The molecule has 0 aliphatic heterocycles. The molecule has 34 heavy (non-hydrogen) atoms. The molecule has 0 fully saturated rings. The number of aryl methyl sites for hydroxylation is 2. The van der Waals surface area contributed by atoms with Crippen LogP contribution in [0.2, 0.25) is 10.0 Å². The molecule has 2 heterocycles. The monoisotopic (exact) mass is 492 g/mol. The van der Waals surface area contributed by atoms with Crippen LogP contribution in [0.25, 0.3) is 22.6 Å². The molecule has 0 amide bonds. The molecular weight excluding hydrogens is 471 g/mol. The lowest BCUT2D eigenvalue weighted by Gasteiger charge is -2.22. The summed E-state index contributed by atoms with van der Waals surface area (Å²) in [5.74, 6) is 0.282. The maximum Gasteiger partial charge on any atom is 0.339 e. The lowest BCUT2D eigenvalue weighted by molar-refractivity contribution is 0.0471. The number of benzene rings is 2. The average molecular weight is 493 g/mol. The lowest BCUT2D eigenvalue weighted by atomic mass is 9.86.